The maximum atomic E-state index is 14.2. The highest BCUT2D eigenvalue weighted by Gasteiger charge is 2.36. The predicted octanol–water partition coefficient (Wildman–Crippen LogP) is 8.77. The van der Waals surface area contributed by atoms with Crippen molar-refractivity contribution in [3.63, 3.8) is 0 Å². The van der Waals surface area contributed by atoms with Crippen LogP contribution in [0.1, 0.15) is 67.5 Å². The van der Waals surface area contributed by atoms with Gasteiger partial charge >= 0.3 is 0 Å². The van der Waals surface area contributed by atoms with Crippen molar-refractivity contribution in [3.8, 4) is 17.2 Å². The van der Waals surface area contributed by atoms with Crippen molar-refractivity contribution in [1.82, 2.24) is 14.8 Å². The van der Waals surface area contributed by atoms with Gasteiger partial charge in [0.05, 0.1) is 29.4 Å². The Balaban J connectivity index is 1.55. The number of halogens is 1. The molecule has 2 N–H and O–H groups in total. The molecule has 1 aliphatic heterocycles. The van der Waals surface area contributed by atoms with E-state index < -0.39 is 6.04 Å². The number of rotatable bonds is 13. The standard InChI is InChI=1S/C36H42BrN5O4S/c1-8-10-15-47-36-40-35-38-24(6)31(34(43)39-28-13-11-12-14-29(28)45-9-2)32(42(35)41-36)25-18-27(37)33(30(19-25)44-7)46-20-26-17-22(4)21(3)16-23(26)5/h11-14,16-19,32H,8-10,15,20H2,1-7H3,(H,39,43)(H,38,40,41). The van der Waals surface area contributed by atoms with Gasteiger partial charge in [-0.1, -0.05) is 49.4 Å². The summed E-state index contributed by atoms with van der Waals surface area (Å²) in [6, 6.07) is 15.0. The first-order chi connectivity index (χ1) is 22.6. The van der Waals surface area contributed by atoms with E-state index in [9.17, 15) is 4.79 Å². The fourth-order valence-electron chi connectivity index (χ4n) is 5.51. The number of ether oxygens (including phenoxy) is 3. The Hall–Kier alpha value is -3.96. The van der Waals surface area contributed by atoms with Crippen molar-refractivity contribution in [2.75, 3.05) is 30.1 Å². The van der Waals surface area contributed by atoms with Crippen LogP contribution in [0, 0.1) is 20.8 Å². The minimum Gasteiger partial charge on any atom is -0.493 e. The number of nitrogens with one attached hydrogen (secondary N) is 2. The Bertz CT molecular complexity index is 1800. The number of fused-ring (bicyclic) bond motifs is 1. The molecule has 0 spiro atoms. The number of thioether (sulfide) groups is 1. The van der Waals surface area contributed by atoms with E-state index in [1.165, 1.54) is 16.7 Å². The van der Waals surface area contributed by atoms with E-state index in [1.807, 2.05) is 50.2 Å². The number of hydrogen-bond acceptors (Lipinski definition) is 8. The van der Waals surface area contributed by atoms with Gasteiger partial charge in [-0.2, -0.15) is 4.98 Å². The van der Waals surface area contributed by atoms with Crippen molar-refractivity contribution in [3.05, 3.63) is 92.1 Å². The van der Waals surface area contributed by atoms with Crippen molar-refractivity contribution in [2.24, 2.45) is 0 Å². The molecule has 2 heterocycles. The van der Waals surface area contributed by atoms with Gasteiger partial charge in [-0.3, -0.25) is 4.79 Å². The van der Waals surface area contributed by atoms with Crippen molar-refractivity contribution >= 4 is 45.2 Å². The van der Waals surface area contributed by atoms with Crippen LogP contribution in [-0.2, 0) is 11.4 Å². The number of aromatic nitrogens is 3. The van der Waals surface area contributed by atoms with Crippen molar-refractivity contribution in [1.29, 1.82) is 0 Å². The zero-order valence-electron chi connectivity index (χ0n) is 28.0. The third-order valence-corrected chi connectivity index (χ3v) is 9.65. The molecule has 0 saturated carbocycles. The molecule has 5 rings (SSSR count). The molecule has 3 aromatic carbocycles. The monoisotopic (exact) mass is 719 g/mol. The number of benzene rings is 3. The number of methoxy groups -OCH3 is 1. The van der Waals surface area contributed by atoms with Crippen LogP contribution in [0.2, 0.25) is 0 Å². The maximum Gasteiger partial charge on any atom is 0.255 e. The van der Waals surface area contributed by atoms with Gasteiger partial charge in [-0.05, 0) is 109 Å². The second-order valence-corrected chi connectivity index (χ2v) is 13.4. The summed E-state index contributed by atoms with van der Waals surface area (Å²) in [5, 5.41) is 12.0. The molecular weight excluding hydrogens is 678 g/mol. The van der Waals surface area contributed by atoms with Gasteiger partial charge in [0.1, 0.15) is 18.4 Å². The highest BCUT2D eigenvalue weighted by Crippen LogP contribution is 2.44. The quantitative estimate of drug-likeness (QED) is 0.105. The van der Waals surface area contributed by atoms with Gasteiger partial charge < -0.3 is 24.8 Å². The predicted molar refractivity (Wildman–Crippen MR) is 192 cm³/mol. The van der Waals surface area contributed by atoms with E-state index in [0.717, 1.165) is 29.7 Å². The largest absolute Gasteiger partial charge is 0.493 e. The van der Waals surface area contributed by atoms with Crippen LogP contribution in [0.4, 0.5) is 11.6 Å². The normalized spacial score (nSPS) is 14.0. The summed E-state index contributed by atoms with van der Waals surface area (Å²) in [6.07, 6.45) is 2.14. The van der Waals surface area contributed by atoms with E-state index in [2.05, 4.69) is 66.4 Å². The summed E-state index contributed by atoms with van der Waals surface area (Å²) in [7, 11) is 1.62. The molecule has 9 nitrogen and oxygen atoms in total. The SMILES string of the molecule is CCCCSc1nc2n(n1)C(c1cc(Br)c(OCc3cc(C)c(C)cc3C)c(OC)c1)C(C(=O)Nc1ccccc1OCC)=C(C)N2. The summed E-state index contributed by atoms with van der Waals surface area (Å²) in [6.45, 7) is 13.1. The Labute approximate surface area is 289 Å². The lowest BCUT2D eigenvalue weighted by Gasteiger charge is -2.29. The highest BCUT2D eigenvalue weighted by atomic mass is 79.9. The lowest BCUT2D eigenvalue weighted by Crippen LogP contribution is -2.31. The molecule has 1 aromatic heterocycles. The van der Waals surface area contributed by atoms with E-state index in [-0.39, 0.29) is 5.91 Å². The summed E-state index contributed by atoms with van der Waals surface area (Å²) in [5.41, 5.74) is 7.28. The fraction of sp³-hybridized carbons (Fsp3) is 0.361. The van der Waals surface area contributed by atoms with Gasteiger partial charge in [-0.15, -0.1) is 5.10 Å². The Kier molecular flexibility index (Phi) is 11.2. The molecule has 1 unspecified atom stereocenters. The van der Waals surface area contributed by atoms with Gasteiger partial charge in [0.25, 0.3) is 5.91 Å². The van der Waals surface area contributed by atoms with Crippen LogP contribution < -0.4 is 24.8 Å². The summed E-state index contributed by atoms with van der Waals surface area (Å²) in [4.78, 5) is 19.0. The molecule has 1 atom stereocenters. The number of aryl methyl sites for hydroxylation is 3. The molecule has 0 aliphatic carbocycles. The van der Waals surface area contributed by atoms with Gasteiger partial charge in [0.2, 0.25) is 11.1 Å². The van der Waals surface area contributed by atoms with Crippen LogP contribution in [0.25, 0.3) is 0 Å². The topological polar surface area (TPSA) is 99.5 Å². The Morgan fingerprint density at radius 3 is 2.53 bits per heavy atom. The number of nitrogens with zero attached hydrogens (tertiary/aromatic N) is 3. The molecule has 0 bridgehead atoms. The number of para-hydroxylation sites is 2. The van der Waals surface area contributed by atoms with Gasteiger partial charge in [0, 0.05) is 11.4 Å². The van der Waals surface area contributed by atoms with Gasteiger partial charge in [-0.25, -0.2) is 4.68 Å². The number of carbonyl (C=O) groups is 1. The molecule has 11 heteroatoms. The summed E-state index contributed by atoms with van der Waals surface area (Å²) >= 11 is 5.37. The molecule has 0 fully saturated rings. The number of anilines is 2. The lowest BCUT2D eigenvalue weighted by atomic mass is 9.94. The van der Waals surface area contributed by atoms with E-state index in [0.29, 0.717) is 63.0 Å². The average molecular weight is 721 g/mol. The first kappa shape index (κ1) is 34.4. The number of amides is 1. The molecule has 4 aromatic rings. The molecule has 248 valence electrons. The third kappa shape index (κ3) is 7.62. The average Bonchev–Trinajstić information content (AvgIpc) is 3.44. The first-order valence-corrected chi connectivity index (χ1v) is 17.6. The molecule has 1 amide bonds. The fourth-order valence-corrected chi connectivity index (χ4v) is 6.99. The summed E-state index contributed by atoms with van der Waals surface area (Å²) in [5.74, 6) is 2.90. The van der Waals surface area contributed by atoms with Crippen LogP contribution in [0.3, 0.4) is 0 Å². The molecule has 47 heavy (non-hydrogen) atoms. The highest BCUT2D eigenvalue weighted by molar-refractivity contribution is 9.10. The molecule has 0 saturated heterocycles. The van der Waals surface area contributed by atoms with E-state index >= 15 is 0 Å². The number of hydrogen-bond donors (Lipinski definition) is 2. The first-order valence-electron chi connectivity index (χ1n) is 15.8. The van der Waals surface area contributed by atoms with Crippen LogP contribution >= 0.6 is 27.7 Å². The number of unbranched alkanes of at least 4 members (excludes halogenated alkanes) is 1. The molecule has 0 radical (unpaired) electrons. The van der Waals surface area contributed by atoms with Crippen LogP contribution in [0.15, 0.2) is 69.4 Å². The third-order valence-electron chi connectivity index (χ3n) is 8.13. The van der Waals surface area contributed by atoms with E-state index in [1.54, 1.807) is 23.6 Å². The van der Waals surface area contributed by atoms with Crippen LogP contribution in [0.5, 0.6) is 17.2 Å². The van der Waals surface area contributed by atoms with Crippen molar-refractivity contribution < 1.29 is 19.0 Å². The molecule has 1 aliphatic rings. The van der Waals surface area contributed by atoms with Crippen molar-refractivity contribution in [2.45, 2.75) is 72.2 Å². The van der Waals surface area contributed by atoms with Crippen LogP contribution in [-0.4, -0.2) is 40.1 Å². The zero-order valence-corrected chi connectivity index (χ0v) is 30.4. The Morgan fingerprint density at radius 2 is 1.79 bits per heavy atom. The number of allylic oxidation sites excluding steroid dienone is 1. The Morgan fingerprint density at radius 1 is 1.02 bits per heavy atom. The van der Waals surface area contributed by atoms with Gasteiger partial charge in [0.15, 0.2) is 11.5 Å². The lowest BCUT2D eigenvalue weighted by molar-refractivity contribution is -0.113. The smallest absolute Gasteiger partial charge is 0.255 e. The maximum absolute atomic E-state index is 14.2. The van der Waals surface area contributed by atoms with E-state index in [4.69, 9.17) is 24.3 Å². The summed E-state index contributed by atoms with van der Waals surface area (Å²) < 4.78 is 20.5. The molecular formula is C36H42BrN5O4S. The second-order valence-electron chi connectivity index (χ2n) is 11.5. The minimum atomic E-state index is -0.611. The minimum absolute atomic E-state index is 0.283. The second kappa shape index (κ2) is 15.3. The zero-order chi connectivity index (χ0) is 33.7. The number of carbonyl (C=O) groups excluding carboxylic acids is 1.